The minimum absolute atomic E-state index is 0.132. The molecule has 0 spiro atoms. The van der Waals surface area contributed by atoms with E-state index in [0.717, 1.165) is 43.5 Å². The number of carbonyl (C=O) groups is 2. The molecule has 2 aromatic carbocycles. The van der Waals surface area contributed by atoms with Crippen LogP contribution in [0.4, 0.5) is 5.00 Å². The van der Waals surface area contributed by atoms with Gasteiger partial charge in [-0.2, -0.15) is 0 Å². The number of thiophene rings is 1. The number of methoxy groups -OCH3 is 2. The van der Waals surface area contributed by atoms with Crippen LogP contribution < -0.4 is 19.8 Å². The second-order valence-corrected chi connectivity index (χ2v) is 14.0. The monoisotopic (exact) mass is 710 g/mol. The van der Waals surface area contributed by atoms with E-state index in [1.807, 2.05) is 24.3 Å². The van der Waals surface area contributed by atoms with Crippen LogP contribution in [-0.2, 0) is 32.6 Å². The lowest BCUT2D eigenvalue weighted by Gasteiger charge is -2.34. The molecule has 6 rings (SSSR count). The Morgan fingerprint density at radius 3 is 2.48 bits per heavy atom. The lowest BCUT2D eigenvalue weighted by molar-refractivity contribution is -0.377. The van der Waals surface area contributed by atoms with Crippen LogP contribution in [-0.4, -0.2) is 57.3 Å². The molecular formula is C36H38Cl2N3O6S+. The van der Waals surface area contributed by atoms with Gasteiger partial charge in [0, 0.05) is 25.1 Å². The Balaban J connectivity index is 1.26. The predicted molar refractivity (Wildman–Crippen MR) is 185 cm³/mol. The number of fused-ring (bicyclic) bond motifs is 1. The number of ether oxygens (including phenoxy) is 4. The quantitative estimate of drug-likeness (QED) is 0.168. The van der Waals surface area contributed by atoms with Crippen molar-refractivity contribution < 1.29 is 33.5 Å². The highest BCUT2D eigenvalue weighted by Crippen LogP contribution is 2.43. The number of hydrogen-bond acceptors (Lipinski definition) is 9. The Hall–Kier alpha value is -3.83. The molecule has 1 aliphatic heterocycles. The van der Waals surface area contributed by atoms with Crippen LogP contribution >= 0.6 is 34.5 Å². The summed E-state index contributed by atoms with van der Waals surface area (Å²) in [5, 5.41) is 5.00. The molecule has 9 nitrogen and oxygen atoms in total. The normalized spacial score (nSPS) is 18.5. The zero-order valence-corrected chi connectivity index (χ0v) is 29.3. The number of nitrogens with zero attached hydrogens (tertiary/aromatic N) is 1. The van der Waals surface area contributed by atoms with E-state index in [-0.39, 0.29) is 18.5 Å². The summed E-state index contributed by atoms with van der Waals surface area (Å²) in [5.74, 6) is 0.216. The number of hydrogen-bond donors (Lipinski definition) is 1. The number of rotatable bonds is 11. The van der Waals surface area contributed by atoms with Crippen molar-refractivity contribution >= 4 is 51.5 Å². The van der Waals surface area contributed by atoms with Gasteiger partial charge in [0.2, 0.25) is 0 Å². The number of likely N-dealkylation sites (tertiary alicyclic amines) is 1. The summed E-state index contributed by atoms with van der Waals surface area (Å²) in [6, 6.07) is 16.8. The van der Waals surface area contributed by atoms with Gasteiger partial charge in [-0.25, -0.2) is 14.6 Å². The Kier molecular flexibility index (Phi) is 10.5. The molecule has 2 aromatic heterocycles. The Morgan fingerprint density at radius 1 is 1.02 bits per heavy atom. The van der Waals surface area contributed by atoms with Crippen molar-refractivity contribution in [1.82, 2.24) is 4.90 Å². The van der Waals surface area contributed by atoms with Crippen molar-refractivity contribution in [3.63, 3.8) is 0 Å². The number of nitrogens with one attached hydrogen (secondary N) is 2. The van der Waals surface area contributed by atoms with Crippen LogP contribution in [0.5, 0.6) is 11.5 Å². The standard InChI is InChI=1S/C36H37Cl2N3O6S/c1-41-16-13-24(14-17-41)46-35(43)36(15-12-22-6-4-5-7-26(22)36)40-33-11-10-32(48-33)34(42)47-30(19-25-27(37)20-39-21-28(25)38)23-8-9-29(44-2)31(18-23)45-3/h4-11,18,20-21,24,30,40H,12-17,19H2,1-3H3/p+1/t30-,36?/m0/s1. The molecule has 2 aliphatic rings. The Labute approximate surface area is 294 Å². The molecule has 4 aromatic rings. The highest BCUT2D eigenvalue weighted by atomic mass is 35.5. The van der Waals surface area contributed by atoms with Crippen molar-refractivity contribution in [2.45, 2.75) is 49.9 Å². The topological polar surface area (TPSA) is 100 Å². The number of H-pyrrole nitrogens is 1. The summed E-state index contributed by atoms with van der Waals surface area (Å²) in [6.45, 7) is 1.77. The maximum absolute atomic E-state index is 14.0. The van der Waals surface area contributed by atoms with E-state index in [0.29, 0.717) is 49.0 Å². The van der Waals surface area contributed by atoms with Gasteiger partial charge in [0.25, 0.3) is 0 Å². The minimum Gasteiger partial charge on any atom is -0.493 e. The number of halogens is 2. The van der Waals surface area contributed by atoms with E-state index in [1.54, 1.807) is 50.9 Å². The highest BCUT2D eigenvalue weighted by molar-refractivity contribution is 7.17. The van der Waals surface area contributed by atoms with Crippen LogP contribution in [0.2, 0.25) is 10.0 Å². The van der Waals surface area contributed by atoms with Gasteiger partial charge in [-0.1, -0.05) is 53.5 Å². The molecular weight excluding hydrogens is 673 g/mol. The molecule has 0 radical (unpaired) electrons. The Bertz CT molecular complexity index is 1770. The second-order valence-electron chi connectivity index (χ2n) is 12.1. The van der Waals surface area contributed by atoms with Crippen molar-refractivity contribution in [2.24, 2.45) is 0 Å². The second kappa shape index (κ2) is 14.7. The summed E-state index contributed by atoms with van der Waals surface area (Å²) in [4.78, 5) is 33.3. The first kappa shape index (κ1) is 34.0. The van der Waals surface area contributed by atoms with Crippen molar-refractivity contribution in [3.8, 4) is 11.5 Å². The molecule has 0 bridgehead atoms. The number of aryl methyl sites for hydroxylation is 1. The van der Waals surface area contributed by atoms with E-state index in [2.05, 4.69) is 28.3 Å². The number of anilines is 1. The van der Waals surface area contributed by atoms with Crippen molar-refractivity contribution in [1.29, 1.82) is 0 Å². The molecule has 1 fully saturated rings. The molecule has 0 saturated carbocycles. The van der Waals surface area contributed by atoms with E-state index >= 15 is 0 Å². The molecule has 2 N–H and O–H groups in total. The molecule has 12 heteroatoms. The fraction of sp³-hybridized carbons (Fsp3) is 0.361. The Morgan fingerprint density at radius 2 is 1.75 bits per heavy atom. The van der Waals surface area contributed by atoms with Gasteiger partial charge < -0.3 is 29.2 Å². The summed E-state index contributed by atoms with van der Waals surface area (Å²) in [6.07, 6.45) is 5.46. The lowest BCUT2D eigenvalue weighted by Crippen LogP contribution is -2.45. The first-order chi connectivity index (χ1) is 23.2. The number of esters is 2. The largest absolute Gasteiger partial charge is 0.493 e. The average molecular weight is 712 g/mol. The van der Waals surface area contributed by atoms with E-state index in [1.165, 1.54) is 11.3 Å². The number of benzene rings is 2. The lowest BCUT2D eigenvalue weighted by atomic mass is 9.91. The maximum atomic E-state index is 14.0. The zero-order chi connectivity index (χ0) is 33.8. The van der Waals surface area contributed by atoms with E-state index in [9.17, 15) is 9.59 Å². The molecule has 1 unspecified atom stereocenters. The number of carbonyl (C=O) groups excluding carboxylic acids is 2. The third-order valence-corrected chi connectivity index (χ3v) is 10.7. The third kappa shape index (κ3) is 7.12. The first-order valence-electron chi connectivity index (χ1n) is 15.8. The van der Waals surface area contributed by atoms with Gasteiger partial charge in [0.1, 0.15) is 27.1 Å². The molecule has 0 amide bonds. The highest BCUT2D eigenvalue weighted by Gasteiger charge is 2.48. The van der Waals surface area contributed by atoms with E-state index in [4.69, 9.17) is 42.1 Å². The zero-order valence-electron chi connectivity index (χ0n) is 27.0. The summed E-state index contributed by atoms with van der Waals surface area (Å²) >= 11 is 14.2. The number of pyridine rings is 1. The van der Waals surface area contributed by atoms with Crippen molar-refractivity contribution in [2.75, 3.05) is 39.7 Å². The number of aromatic amines is 1. The predicted octanol–water partition coefficient (Wildman–Crippen LogP) is 6.92. The summed E-state index contributed by atoms with van der Waals surface area (Å²) < 4.78 is 23.2. The fourth-order valence-corrected chi connectivity index (χ4v) is 7.81. The van der Waals surface area contributed by atoms with Gasteiger partial charge in [-0.05, 0) is 73.7 Å². The van der Waals surface area contributed by atoms with E-state index < -0.39 is 17.6 Å². The third-order valence-electron chi connectivity index (χ3n) is 9.09. The SMILES string of the molecule is COc1ccc([C@H](Cc2c(Cl)c[nH+]cc2Cl)OC(=O)c2ccc(NC3(C(=O)OC4CCN(C)CC4)CCc4ccccc43)s2)cc1OC. The smallest absolute Gasteiger partial charge is 0.349 e. The van der Waals surface area contributed by atoms with Gasteiger partial charge >= 0.3 is 11.9 Å². The molecule has 1 saturated heterocycles. The first-order valence-corrected chi connectivity index (χ1v) is 17.4. The van der Waals surface area contributed by atoms with Crippen LogP contribution in [0, 0.1) is 0 Å². The number of piperidine rings is 1. The van der Waals surface area contributed by atoms with Crippen LogP contribution in [0.1, 0.15) is 57.3 Å². The van der Waals surface area contributed by atoms with Gasteiger partial charge in [-0.15, -0.1) is 11.3 Å². The van der Waals surface area contributed by atoms with Gasteiger partial charge in [-0.3, -0.25) is 0 Å². The average Bonchev–Trinajstić information content (AvgIpc) is 3.72. The molecule has 252 valence electrons. The van der Waals surface area contributed by atoms with Crippen LogP contribution in [0.25, 0.3) is 0 Å². The molecule has 2 atom stereocenters. The molecule has 1 aliphatic carbocycles. The molecule has 3 heterocycles. The van der Waals surface area contributed by atoms with Crippen LogP contribution in [0.15, 0.2) is 67.0 Å². The van der Waals surface area contributed by atoms with Gasteiger partial charge in [0.15, 0.2) is 29.4 Å². The maximum Gasteiger partial charge on any atom is 0.349 e. The summed E-state index contributed by atoms with van der Waals surface area (Å²) in [5.41, 5.74) is 2.25. The van der Waals surface area contributed by atoms with Crippen molar-refractivity contribution in [3.05, 3.63) is 104 Å². The number of aromatic nitrogens is 1. The molecule has 48 heavy (non-hydrogen) atoms. The van der Waals surface area contributed by atoms with Crippen LogP contribution in [0.3, 0.4) is 0 Å². The fourth-order valence-electron chi connectivity index (χ4n) is 6.41. The van der Waals surface area contributed by atoms with Gasteiger partial charge in [0.05, 0.1) is 19.2 Å². The minimum atomic E-state index is -1.06. The summed E-state index contributed by atoms with van der Waals surface area (Å²) in [7, 11) is 5.18.